The van der Waals surface area contributed by atoms with Crippen LogP contribution in [0.3, 0.4) is 0 Å². The Morgan fingerprint density at radius 1 is 0.406 bits per heavy atom. The third-order valence-corrected chi connectivity index (χ3v) is 12.1. The van der Waals surface area contributed by atoms with Crippen LogP contribution in [0.4, 0.5) is 0 Å². The average Bonchev–Trinajstić information content (AvgIpc) is 3.17. The molecule has 8 nitrogen and oxygen atoms in total. The smallest absolute Gasteiger partial charge is 0.341 e. The Kier molecular flexibility index (Phi) is 15.7. The summed E-state index contributed by atoms with van der Waals surface area (Å²) in [5, 5.41) is 19.8. The zero-order valence-corrected chi connectivity index (χ0v) is 41.4. The van der Waals surface area contributed by atoms with Crippen molar-refractivity contribution < 1.29 is 38.7 Å². The molecule has 10 aliphatic rings. The normalized spacial score (nSPS) is 13.3. The maximum Gasteiger partial charge on any atom is 0.341 e. The quantitative estimate of drug-likeness (QED) is 0.106. The summed E-state index contributed by atoms with van der Waals surface area (Å²) in [7, 11) is 0. The Balaban J connectivity index is 1.96. The number of rotatable bonds is 14. The summed E-state index contributed by atoms with van der Waals surface area (Å²) < 4.78 is 25.9. The first-order valence-electron chi connectivity index (χ1n) is 23.4. The van der Waals surface area contributed by atoms with Crippen LogP contribution in [0, 0.1) is 0 Å². The first kappa shape index (κ1) is 50.0. The van der Waals surface area contributed by atoms with E-state index in [1.54, 1.807) is 0 Å². The largest absolute Gasteiger partial charge is 0.493 e. The van der Waals surface area contributed by atoms with Crippen molar-refractivity contribution in [2.45, 2.75) is 170 Å². The van der Waals surface area contributed by atoms with E-state index in [9.17, 15) is 19.8 Å². The molecule has 8 heteroatoms. The maximum absolute atomic E-state index is 12.1. The zero-order valence-electron chi connectivity index (χ0n) is 41.4. The van der Waals surface area contributed by atoms with Crippen LogP contribution in [-0.2, 0) is 56.9 Å². The lowest BCUT2D eigenvalue weighted by molar-refractivity contribution is -0.140. The van der Waals surface area contributed by atoms with Crippen LogP contribution in [0.5, 0.6) is 23.0 Å². The molecule has 0 unspecified atom stereocenters. The minimum atomic E-state index is -1.03. The third kappa shape index (κ3) is 12.6. The second kappa shape index (κ2) is 20.0. The second-order valence-electron chi connectivity index (χ2n) is 21.9. The molecular formula is C56H76O8. The number of hydrogen-bond acceptors (Lipinski definition) is 6. The van der Waals surface area contributed by atoms with E-state index in [1.165, 1.54) is 0 Å². The van der Waals surface area contributed by atoms with E-state index in [4.69, 9.17) is 18.9 Å². The Morgan fingerprint density at radius 2 is 0.641 bits per heavy atom. The average molecular weight is 877 g/mol. The number of ether oxygens (including phenoxy) is 4. The molecule has 0 amide bonds. The van der Waals surface area contributed by atoms with Crippen molar-refractivity contribution in [3.05, 3.63) is 115 Å². The van der Waals surface area contributed by atoms with E-state index >= 15 is 0 Å². The fraction of sp³-hybridized carbons (Fsp3) is 0.536. The van der Waals surface area contributed by atoms with E-state index in [0.29, 0.717) is 50.4 Å². The van der Waals surface area contributed by atoms with Gasteiger partial charge >= 0.3 is 11.9 Å². The molecule has 4 aromatic rings. The van der Waals surface area contributed by atoms with Crippen molar-refractivity contribution in [3.8, 4) is 23.0 Å². The van der Waals surface area contributed by atoms with Gasteiger partial charge < -0.3 is 29.2 Å². The number of carboxylic acids is 2. The number of carboxylic acid groups (broad SMARTS) is 2. The molecule has 10 aliphatic carbocycles. The van der Waals surface area contributed by atoms with Gasteiger partial charge in [0, 0.05) is 25.7 Å². The first-order valence-corrected chi connectivity index (χ1v) is 23.4. The molecule has 64 heavy (non-hydrogen) atoms. The maximum atomic E-state index is 12.1. The summed E-state index contributed by atoms with van der Waals surface area (Å²) in [5.74, 6) is 0.650. The Bertz CT molecular complexity index is 2140. The van der Waals surface area contributed by atoms with Gasteiger partial charge in [-0.1, -0.05) is 134 Å². The third-order valence-electron chi connectivity index (χ3n) is 12.1. The van der Waals surface area contributed by atoms with Crippen molar-refractivity contribution in [1.29, 1.82) is 0 Å². The Morgan fingerprint density at radius 3 is 0.844 bits per heavy atom. The monoisotopic (exact) mass is 877 g/mol. The lowest BCUT2D eigenvalue weighted by Gasteiger charge is -2.30. The molecular weight excluding hydrogens is 801 g/mol. The van der Waals surface area contributed by atoms with Gasteiger partial charge in [-0.2, -0.15) is 0 Å². The summed E-state index contributed by atoms with van der Waals surface area (Å²) in [6.07, 6.45) is 5.84. The second-order valence-corrected chi connectivity index (χ2v) is 21.9. The number of unbranched alkanes of at least 4 members (excludes halogenated alkanes) is 2. The highest BCUT2D eigenvalue weighted by Crippen LogP contribution is 2.43. The molecule has 348 valence electrons. The van der Waals surface area contributed by atoms with Gasteiger partial charge in [-0.05, 0) is 126 Å². The lowest BCUT2D eigenvalue weighted by atomic mass is 9.76. The molecule has 0 aliphatic heterocycles. The van der Waals surface area contributed by atoms with E-state index in [-0.39, 0.29) is 21.7 Å². The highest BCUT2D eigenvalue weighted by Gasteiger charge is 2.30. The minimum absolute atomic E-state index is 0.267. The molecule has 0 aromatic heterocycles. The van der Waals surface area contributed by atoms with Gasteiger partial charge in [-0.25, -0.2) is 9.59 Å². The SMILES string of the molecule is CCCCOc1cc2c(C(C)(C)C)cc1Cc1cc(OCC(=O)O)c(cc1C(C)(C)C)Cc1cc(OCCCC)c(cc1C(C)(C)C)Cc1cc(OCC(=O)O)c(cc1C(C)(C)C)C2. The number of hydrogen-bond donors (Lipinski definition) is 2. The van der Waals surface area contributed by atoms with E-state index in [2.05, 4.69) is 145 Å². The topological polar surface area (TPSA) is 112 Å². The van der Waals surface area contributed by atoms with Gasteiger partial charge in [0.15, 0.2) is 13.2 Å². The van der Waals surface area contributed by atoms with Crippen molar-refractivity contribution >= 4 is 11.9 Å². The molecule has 2 N–H and O–H groups in total. The molecule has 0 saturated carbocycles. The Hall–Kier alpha value is -4.98. The van der Waals surface area contributed by atoms with Crippen LogP contribution in [0.1, 0.15) is 189 Å². The highest BCUT2D eigenvalue weighted by molar-refractivity contribution is 5.69. The molecule has 0 saturated heterocycles. The predicted molar refractivity (Wildman–Crippen MR) is 259 cm³/mol. The minimum Gasteiger partial charge on any atom is -0.493 e. The summed E-state index contributed by atoms with van der Waals surface area (Å²) >= 11 is 0. The van der Waals surface area contributed by atoms with E-state index < -0.39 is 25.2 Å². The van der Waals surface area contributed by atoms with Gasteiger partial charge in [0.05, 0.1) is 13.2 Å². The first-order chi connectivity index (χ1) is 29.8. The standard InChI is InChI=1S/C56H76O8/c1-15-17-19-61-47-29-35-23-41-27-46(56(12,13)14)38(32-50(41)64-34-52(59)60)22-40-26-44(54(6,7)8)36(30-48(40)62-20-18-16-2)24-42-28-45(55(9,10)11)37(31-49(42)63-33-51(57)58)21-39(47)25-43(35)53(3,4)5/h25-32H,15-24,33-34H2,1-14H3,(H,57,58)(H,59,60). The van der Waals surface area contributed by atoms with Crippen LogP contribution < -0.4 is 18.9 Å². The van der Waals surface area contributed by atoms with Crippen molar-refractivity contribution in [1.82, 2.24) is 0 Å². The molecule has 4 aromatic carbocycles. The van der Waals surface area contributed by atoms with E-state index in [1.807, 2.05) is 0 Å². The van der Waals surface area contributed by atoms with Crippen LogP contribution in [0.2, 0.25) is 0 Å². The molecule has 0 atom stereocenters. The lowest BCUT2D eigenvalue weighted by Crippen LogP contribution is -2.20. The molecule has 0 fully saturated rings. The summed E-state index contributed by atoms with van der Waals surface area (Å²) in [5.41, 5.74) is 11.7. The van der Waals surface area contributed by atoms with Crippen LogP contribution in [0.25, 0.3) is 0 Å². The van der Waals surface area contributed by atoms with Gasteiger partial charge in [0.2, 0.25) is 0 Å². The highest BCUT2D eigenvalue weighted by atomic mass is 16.5. The van der Waals surface area contributed by atoms with Gasteiger partial charge in [0.25, 0.3) is 0 Å². The molecule has 14 rings (SSSR count). The number of benzene rings is 4. The molecule has 0 radical (unpaired) electrons. The summed E-state index contributed by atoms with van der Waals surface area (Å²) in [6, 6.07) is 17.6. The Labute approximate surface area is 384 Å². The number of carbonyl (C=O) groups is 2. The van der Waals surface area contributed by atoms with Crippen LogP contribution >= 0.6 is 0 Å². The molecule has 0 spiro atoms. The fourth-order valence-electron chi connectivity index (χ4n) is 8.89. The van der Waals surface area contributed by atoms with Gasteiger partial charge in [-0.15, -0.1) is 0 Å². The van der Waals surface area contributed by atoms with Crippen LogP contribution in [0.15, 0.2) is 48.5 Å². The van der Waals surface area contributed by atoms with Crippen LogP contribution in [-0.4, -0.2) is 48.6 Å². The predicted octanol–water partition coefficient (Wildman–Crippen LogP) is 12.8. The summed E-state index contributed by atoms with van der Waals surface area (Å²) in [4.78, 5) is 24.2. The molecule has 8 bridgehead atoms. The van der Waals surface area contributed by atoms with Gasteiger partial charge in [0.1, 0.15) is 23.0 Å². The van der Waals surface area contributed by atoms with Crippen molar-refractivity contribution in [3.63, 3.8) is 0 Å². The number of aliphatic carboxylic acids is 2. The molecule has 0 heterocycles. The van der Waals surface area contributed by atoms with E-state index in [0.717, 1.165) is 104 Å². The van der Waals surface area contributed by atoms with Gasteiger partial charge in [-0.3, -0.25) is 0 Å². The summed E-state index contributed by atoms with van der Waals surface area (Å²) in [6.45, 7) is 31.2. The zero-order chi connectivity index (χ0) is 47.4. The fourth-order valence-corrected chi connectivity index (χ4v) is 8.89. The van der Waals surface area contributed by atoms with Crippen molar-refractivity contribution in [2.75, 3.05) is 26.4 Å². The van der Waals surface area contributed by atoms with Crippen molar-refractivity contribution in [2.24, 2.45) is 0 Å².